The number of fused-ring (bicyclic) bond motifs is 6. The van der Waals surface area contributed by atoms with Gasteiger partial charge >= 0.3 is 5.97 Å². The molecule has 0 saturated carbocycles. The van der Waals surface area contributed by atoms with Gasteiger partial charge in [-0.3, -0.25) is 19.6 Å². The van der Waals surface area contributed by atoms with Crippen LogP contribution in [0.25, 0.3) is 22.2 Å². The molecule has 3 aliphatic rings. The Morgan fingerprint density at radius 3 is 2.82 bits per heavy atom. The first kappa shape index (κ1) is 31.5. The van der Waals surface area contributed by atoms with Crippen LogP contribution in [0.4, 0.5) is 5.69 Å². The van der Waals surface area contributed by atoms with Gasteiger partial charge in [0.1, 0.15) is 6.04 Å². The van der Waals surface area contributed by atoms with Gasteiger partial charge in [0.15, 0.2) is 0 Å². The highest BCUT2D eigenvalue weighted by atomic mass is 16.5. The molecule has 1 amide bonds. The van der Waals surface area contributed by atoms with Crippen LogP contribution in [-0.4, -0.2) is 78.5 Å². The lowest BCUT2D eigenvalue weighted by Crippen LogP contribution is -2.57. The molecule has 3 aliphatic heterocycles. The number of amides is 1. The number of methoxy groups -OCH3 is 1. The van der Waals surface area contributed by atoms with Crippen LogP contribution in [0.15, 0.2) is 36.5 Å². The van der Waals surface area contributed by atoms with Crippen molar-refractivity contribution in [2.45, 2.75) is 78.7 Å². The van der Waals surface area contributed by atoms with Gasteiger partial charge < -0.3 is 23.7 Å². The van der Waals surface area contributed by atoms with Gasteiger partial charge in [-0.1, -0.05) is 20.8 Å². The summed E-state index contributed by atoms with van der Waals surface area (Å²) in [5, 5.41) is 2.81. The van der Waals surface area contributed by atoms with Crippen LogP contribution in [0, 0.1) is 11.3 Å². The average Bonchev–Trinajstić information content (AvgIpc) is 3.35. The van der Waals surface area contributed by atoms with Gasteiger partial charge in [-0.15, -0.1) is 0 Å². The normalized spacial score (nSPS) is 24.4. The van der Waals surface area contributed by atoms with E-state index in [-0.39, 0.29) is 35.9 Å². The van der Waals surface area contributed by atoms with E-state index in [2.05, 4.69) is 59.9 Å². The molecule has 2 saturated heterocycles. The van der Waals surface area contributed by atoms with Gasteiger partial charge in [0.2, 0.25) is 5.91 Å². The lowest BCUT2D eigenvalue weighted by Gasteiger charge is -2.38. The maximum absolute atomic E-state index is 13.4. The van der Waals surface area contributed by atoms with Gasteiger partial charge in [-0.2, -0.15) is 0 Å². The summed E-state index contributed by atoms with van der Waals surface area (Å²) in [7, 11) is 1.70. The van der Waals surface area contributed by atoms with Crippen LogP contribution in [0.1, 0.15) is 58.2 Å². The number of ether oxygens (including phenoxy) is 3. The molecule has 10 heteroatoms. The molecule has 3 aromatic rings. The first-order valence-electron chi connectivity index (χ1n) is 16.4. The molecule has 0 radical (unpaired) electrons. The number of aryl methyl sites for hydroxylation is 1. The highest BCUT2D eigenvalue weighted by molar-refractivity contribution is 5.94. The number of nitrogens with one attached hydrogen (secondary N) is 1. The zero-order valence-corrected chi connectivity index (χ0v) is 27.3. The number of carbonyl (C=O) groups is 2. The summed E-state index contributed by atoms with van der Waals surface area (Å²) in [6.45, 7) is 12.6. The van der Waals surface area contributed by atoms with Gasteiger partial charge in [0.05, 0.1) is 37.3 Å². The fourth-order valence-electron chi connectivity index (χ4n) is 7.20. The van der Waals surface area contributed by atoms with E-state index in [0.29, 0.717) is 45.6 Å². The zero-order valence-electron chi connectivity index (χ0n) is 27.3. The molecule has 0 aliphatic carbocycles. The molecule has 0 spiro atoms. The second-order valence-corrected chi connectivity index (χ2v) is 13.5. The minimum absolute atomic E-state index is 0.00240. The topological polar surface area (TPSA) is 98.2 Å². The van der Waals surface area contributed by atoms with Crippen molar-refractivity contribution in [1.29, 1.82) is 0 Å². The highest BCUT2D eigenvalue weighted by Crippen LogP contribution is 2.41. The number of rotatable bonds is 4. The number of benzene rings is 1. The largest absolute Gasteiger partial charge is 0.464 e. The number of esters is 1. The summed E-state index contributed by atoms with van der Waals surface area (Å²) in [6.07, 6.45) is 4.44. The predicted molar refractivity (Wildman–Crippen MR) is 174 cm³/mol. The molecular formula is C35H47N5O5. The quantitative estimate of drug-likeness (QED) is 0.420. The van der Waals surface area contributed by atoms with Crippen LogP contribution in [0.2, 0.25) is 0 Å². The third-order valence-electron chi connectivity index (χ3n) is 9.43. The van der Waals surface area contributed by atoms with Crippen LogP contribution in [0.5, 0.6) is 0 Å². The molecule has 2 fully saturated rings. The van der Waals surface area contributed by atoms with Crippen LogP contribution in [-0.2, 0) is 43.4 Å². The Bertz CT molecular complexity index is 1550. The summed E-state index contributed by atoms with van der Waals surface area (Å²) in [5.74, 6) is -0.558. The number of hydrazine groups is 1. The number of cyclic esters (lactones) is 1. The molecular weight excluding hydrogens is 570 g/mol. The molecule has 45 heavy (non-hydrogen) atoms. The summed E-state index contributed by atoms with van der Waals surface area (Å²) < 4.78 is 20.1. The second kappa shape index (κ2) is 13.1. The maximum Gasteiger partial charge on any atom is 0.324 e. The van der Waals surface area contributed by atoms with E-state index in [1.165, 1.54) is 10.9 Å². The predicted octanol–water partition coefficient (Wildman–Crippen LogP) is 4.72. The number of hydrogen-bond donors (Lipinski definition) is 1. The van der Waals surface area contributed by atoms with E-state index >= 15 is 0 Å². The van der Waals surface area contributed by atoms with E-state index in [9.17, 15) is 9.59 Å². The van der Waals surface area contributed by atoms with Crippen LogP contribution < -0.4 is 10.3 Å². The van der Waals surface area contributed by atoms with Crippen molar-refractivity contribution < 1.29 is 23.8 Å². The summed E-state index contributed by atoms with van der Waals surface area (Å²) in [5.41, 5.74) is 9.42. The summed E-state index contributed by atoms with van der Waals surface area (Å²) in [4.78, 5) is 33.9. The first-order valence-corrected chi connectivity index (χ1v) is 16.4. The molecule has 6 rings (SSSR count). The van der Waals surface area contributed by atoms with Crippen molar-refractivity contribution in [3.63, 3.8) is 0 Å². The van der Waals surface area contributed by atoms with Crippen LogP contribution in [0.3, 0.4) is 0 Å². The highest BCUT2D eigenvalue weighted by Gasteiger charge is 2.35. The van der Waals surface area contributed by atoms with Crippen molar-refractivity contribution in [3.05, 3.63) is 47.8 Å². The number of aromatic nitrogens is 2. The molecule has 10 nitrogen and oxygen atoms in total. The molecule has 5 heterocycles. The van der Waals surface area contributed by atoms with Gasteiger partial charge in [0, 0.05) is 73.0 Å². The number of morpholine rings is 1. The maximum atomic E-state index is 13.4. The molecule has 1 unspecified atom stereocenters. The zero-order chi connectivity index (χ0) is 31.7. The summed E-state index contributed by atoms with van der Waals surface area (Å²) >= 11 is 0. The smallest absolute Gasteiger partial charge is 0.324 e. The van der Waals surface area contributed by atoms with E-state index in [1.807, 2.05) is 19.2 Å². The lowest BCUT2D eigenvalue weighted by atomic mass is 9.84. The first-order chi connectivity index (χ1) is 21.7. The van der Waals surface area contributed by atoms with Gasteiger partial charge in [-0.05, 0) is 68.5 Å². The number of hydrogen-bond acceptors (Lipinski definition) is 8. The number of nitrogens with zero attached hydrogens (tertiary/aromatic N) is 4. The number of pyridine rings is 1. The van der Waals surface area contributed by atoms with E-state index in [0.717, 1.165) is 47.7 Å². The molecule has 3 atom stereocenters. The standard InChI is InChI=1S/C35H47N5O5/c1-6-39-31-12-11-24-18-27(31)28(32(39)26-9-7-13-36-30(26)21-43-5)19-35(3,4)22-45-34(42)29-10-8-14-40(37-29)33(41)23(2)17-25-20-38(24)15-16-44-25/h7,9,11-13,18,23,25,29,37H,6,8,10,14-17,19-22H2,1-5H3/t23?,25-,29+/m1/s1. The Morgan fingerprint density at radius 1 is 1.18 bits per heavy atom. The Hall–Kier alpha value is -3.47. The fourth-order valence-corrected chi connectivity index (χ4v) is 7.20. The third kappa shape index (κ3) is 6.46. The minimum Gasteiger partial charge on any atom is -0.464 e. The Kier molecular flexibility index (Phi) is 9.17. The Balaban J connectivity index is 1.48. The van der Waals surface area contributed by atoms with Crippen molar-refractivity contribution in [3.8, 4) is 11.3 Å². The Morgan fingerprint density at radius 2 is 2.02 bits per heavy atom. The molecule has 1 aromatic carbocycles. The number of anilines is 1. The van der Waals surface area contributed by atoms with Crippen molar-refractivity contribution in [1.82, 2.24) is 20.0 Å². The van der Waals surface area contributed by atoms with Gasteiger partial charge in [0.25, 0.3) is 0 Å². The number of carbonyl (C=O) groups excluding carboxylic acids is 2. The second-order valence-electron chi connectivity index (χ2n) is 13.5. The summed E-state index contributed by atoms with van der Waals surface area (Å²) in [6, 6.07) is 10.3. The van der Waals surface area contributed by atoms with Crippen molar-refractivity contribution in [2.75, 3.05) is 44.9 Å². The average molecular weight is 618 g/mol. The van der Waals surface area contributed by atoms with Crippen molar-refractivity contribution >= 4 is 28.5 Å². The Labute approximate surface area is 266 Å². The molecule has 6 bridgehead atoms. The van der Waals surface area contributed by atoms with Crippen molar-refractivity contribution in [2.24, 2.45) is 11.3 Å². The van der Waals surface area contributed by atoms with Gasteiger partial charge in [-0.25, -0.2) is 5.43 Å². The molecule has 2 aromatic heterocycles. The molecule has 1 N–H and O–H groups in total. The van der Waals surface area contributed by atoms with Crippen LogP contribution >= 0.6 is 0 Å². The molecule has 242 valence electrons. The van der Waals surface area contributed by atoms with E-state index in [1.54, 1.807) is 12.1 Å². The van der Waals surface area contributed by atoms with E-state index < -0.39 is 6.04 Å². The SMILES string of the molecule is CCn1c(-c2cccnc2COC)c2c3cc(ccc31)N1CCO[C@H](CC(C)C(=O)N3CCC[C@H](N3)C(=O)OCC(C)(C)C2)C1. The monoisotopic (exact) mass is 617 g/mol. The minimum atomic E-state index is -0.543. The lowest BCUT2D eigenvalue weighted by molar-refractivity contribution is -0.155. The third-order valence-corrected chi connectivity index (χ3v) is 9.43. The van der Waals surface area contributed by atoms with E-state index in [4.69, 9.17) is 19.2 Å². The fraction of sp³-hybridized carbons (Fsp3) is 0.571.